The number of benzene rings is 1. The van der Waals surface area contributed by atoms with Crippen molar-refractivity contribution in [3.05, 3.63) is 60.4 Å². The highest BCUT2D eigenvalue weighted by Gasteiger charge is 2.34. The van der Waals surface area contributed by atoms with E-state index in [2.05, 4.69) is 10.3 Å². The molecule has 0 spiro atoms. The molecule has 3 rings (SSSR count). The van der Waals surface area contributed by atoms with Gasteiger partial charge in [0.1, 0.15) is 5.75 Å². The third-order valence-corrected chi connectivity index (χ3v) is 4.78. The zero-order chi connectivity index (χ0) is 18.2. The summed E-state index contributed by atoms with van der Waals surface area (Å²) in [5.41, 5.74) is 0.964. The second kappa shape index (κ2) is 9.34. The lowest BCUT2D eigenvalue weighted by molar-refractivity contribution is -0.123. The maximum Gasteiger partial charge on any atom is 0.220 e. The van der Waals surface area contributed by atoms with E-state index in [1.165, 1.54) is 0 Å². The molecular formula is C21H26N2O3. The minimum atomic E-state index is -0.234. The molecule has 1 amide bonds. The lowest BCUT2D eigenvalue weighted by atomic mass is 9.76. The fourth-order valence-electron chi connectivity index (χ4n) is 3.26. The Hall–Kier alpha value is -2.40. The molecule has 1 aliphatic carbocycles. The van der Waals surface area contributed by atoms with Gasteiger partial charge in [-0.25, -0.2) is 0 Å². The number of ether oxygens (including phenoxy) is 1. The zero-order valence-electron chi connectivity index (χ0n) is 14.9. The first-order valence-electron chi connectivity index (χ1n) is 9.26. The number of hydrogen-bond donors (Lipinski definition) is 2. The van der Waals surface area contributed by atoms with Gasteiger partial charge >= 0.3 is 0 Å². The van der Waals surface area contributed by atoms with Crippen molar-refractivity contribution in [2.45, 2.75) is 44.2 Å². The fourth-order valence-corrected chi connectivity index (χ4v) is 3.26. The number of rotatable bonds is 9. The van der Waals surface area contributed by atoms with Crippen molar-refractivity contribution < 1.29 is 14.6 Å². The Morgan fingerprint density at radius 1 is 1.19 bits per heavy atom. The van der Waals surface area contributed by atoms with Crippen LogP contribution >= 0.6 is 0 Å². The van der Waals surface area contributed by atoms with Gasteiger partial charge in [0, 0.05) is 30.8 Å². The number of carbonyl (C=O) groups is 1. The average Bonchev–Trinajstić information content (AvgIpc) is 2.64. The van der Waals surface area contributed by atoms with Crippen LogP contribution in [0.1, 0.15) is 31.4 Å². The minimum absolute atomic E-state index is 0.0239. The van der Waals surface area contributed by atoms with E-state index in [0.717, 1.165) is 24.3 Å². The smallest absolute Gasteiger partial charge is 0.220 e. The Balaban J connectivity index is 1.44. The van der Waals surface area contributed by atoms with Crippen LogP contribution in [0.3, 0.4) is 0 Å². The van der Waals surface area contributed by atoms with Gasteiger partial charge in [0.05, 0.1) is 12.7 Å². The maximum atomic E-state index is 12.3. The van der Waals surface area contributed by atoms with E-state index < -0.39 is 0 Å². The van der Waals surface area contributed by atoms with Crippen LogP contribution in [0.4, 0.5) is 0 Å². The van der Waals surface area contributed by atoms with Crippen molar-refractivity contribution in [1.82, 2.24) is 10.3 Å². The molecule has 138 valence electrons. The average molecular weight is 354 g/mol. The van der Waals surface area contributed by atoms with Gasteiger partial charge < -0.3 is 15.2 Å². The first-order valence-corrected chi connectivity index (χ1v) is 9.26. The number of pyridine rings is 1. The number of para-hydroxylation sites is 1. The SMILES string of the molecule is O=C(CCCOc1ccccc1)N[C@H](Cc1ccccn1)C1CC(O)C1. The van der Waals surface area contributed by atoms with Crippen molar-refractivity contribution in [2.24, 2.45) is 5.92 Å². The Morgan fingerprint density at radius 3 is 2.65 bits per heavy atom. The number of aromatic nitrogens is 1. The van der Waals surface area contributed by atoms with E-state index in [4.69, 9.17) is 4.74 Å². The van der Waals surface area contributed by atoms with Crippen molar-refractivity contribution in [2.75, 3.05) is 6.61 Å². The second-order valence-corrected chi connectivity index (χ2v) is 6.85. The summed E-state index contributed by atoms with van der Waals surface area (Å²) < 4.78 is 5.63. The van der Waals surface area contributed by atoms with Gasteiger partial charge in [0.25, 0.3) is 0 Å². The molecule has 26 heavy (non-hydrogen) atoms. The Bertz CT molecular complexity index is 672. The lowest BCUT2D eigenvalue weighted by Gasteiger charge is -2.38. The fraction of sp³-hybridized carbons (Fsp3) is 0.429. The van der Waals surface area contributed by atoms with Crippen LogP contribution < -0.4 is 10.1 Å². The highest BCUT2D eigenvalue weighted by Crippen LogP contribution is 2.31. The summed E-state index contributed by atoms with van der Waals surface area (Å²) >= 11 is 0. The van der Waals surface area contributed by atoms with Crippen molar-refractivity contribution in [3.8, 4) is 5.75 Å². The number of aliphatic hydroxyl groups is 1. The number of carbonyl (C=O) groups excluding carboxylic acids is 1. The maximum absolute atomic E-state index is 12.3. The van der Waals surface area contributed by atoms with Crippen LogP contribution in [0.2, 0.25) is 0 Å². The van der Waals surface area contributed by atoms with Gasteiger partial charge in [0.2, 0.25) is 5.91 Å². The molecule has 0 saturated heterocycles. The molecular weight excluding hydrogens is 328 g/mol. The number of amides is 1. The summed E-state index contributed by atoms with van der Waals surface area (Å²) in [6, 6.07) is 15.5. The van der Waals surface area contributed by atoms with Crippen molar-refractivity contribution >= 4 is 5.91 Å². The number of hydrogen-bond acceptors (Lipinski definition) is 4. The van der Waals surface area contributed by atoms with E-state index in [1.807, 2.05) is 48.5 Å². The Kier molecular flexibility index (Phi) is 6.61. The largest absolute Gasteiger partial charge is 0.494 e. The van der Waals surface area contributed by atoms with Crippen LogP contribution in [0.25, 0.3) is 0 Å². The summed E-state index contributed by atoms with van der Waals surface area (Å²) in [7, 11) is 0. The van der Waals surface area contributed by atoms with Crippen LogP contribution in [0, 0.1) is 5.92 Å². The molecule has 1 fully saturated rings. The molecule has 5 heteroatoms. The first-order chi connectivity index (χ1) is 12.7. The van der Waals surface area contributed by atoms with Gasteiger partial charge in [-0.3, -0.25) is 9.78 Å². The Morgan fingerprint density at radius 2 is 1.96 bits per heavy atom. The van der Waals surface area contributed by atoms with Crippen molar-refractivity contribution in [3.63, 3.8) is 0 Å². The van der Waals surface area contributed by atoms with E-state index in [-0.39, 0.29) is 18.1 Å². The monoisotopic (exact) mass is 354 g/mol. The molecule has 1 aliphatic rings. The molecule has 1 saturated carbocycles. The molecule has 0 bridgehead atoms. The summed E-state index contributed by atoms with van der Waals surface area (Å²) in [6.45, 7) is 0.518. The topological polar surface area (TPSA) is 71.5 Å². The Labute approximate surface area is 154 Å². The van der Waals surface area contributed by atoms with Crippen LogP contribution in [0.5, 0.6) is 5.75 Å². The number of nitrogens with zero attached hydrogens (tertiary/aromatic N) is 1. The van der Waals surface area contributed by atoms with Crippen LogP contribution in [-0.4, -0.2) is 34.8 Å². The van der Waals surface area contributed by atoms with Crippen LogP contribution in [-0.2, 0) is 11.2 Å². The molecule has 1 heterocycles. The molecule has 2 N–H and O–H groups in total. The van der Waals surface area contributed by atoms with Gasteiger partial charge in [-0.05, 0) is 49.4 Å². The first kappa shape index (κ1) is 18.4. The molecule has 0 unspecified atom stereocenters. The number of nitrogens with one attached hydrogen (secondary N) is 1. The molecule has 1 atom stereocenters. The summed E-state index contributed by atoms with van der Waals surface area (Å²) in [5.74, 6) is 1.17. The van der Waals surface area contributed by atoms with Crippen molar-refractivity contribution in [1.29, 1.82) is 0 Å². The quantitative estimate of drug-likeness (QED) is 0.679. The van der Waals surface area contributed by atoms with Gasteiger partial charge in [0.15, 0.2) is 0 Å². The van der Waals surface area contributed by atoms with E-state index >= 15 is 0 Å². The molecule has 5 nitrogen and oxygen atoms in total. The summed E-state index contributed by atoms with van der Waals surface area (Å²) in [4.78, 5) is 16.7. The number of aliphatic hydroxyl groups excluding tert-OH is 1. The van der Waals surface area contributed by atoms with Crippen LogP contribution in [0.15, 0.2) is 54.7 Å². The van der Waals surface area contributed by atoms with E-state index in [1.54, 1.807) is 6.20 Å². The predicted octanol–water partition coefficient (Wildman–Crippen LogP) is 2.74. The third-order valence-electron chi connectivity index (χ3n) is 4.78. The summed E-state index contributed by atoms with van der Waals surface area (Å²) in [5, 5.41) is 12.7. The van der Waals surface area contributed by atoms with Gasteiger partial charge in [-0.1, -0.05) is 24.3 Å². The van der Waals surface area contributed by atoms with Gasteiger partial charge in [-0.15, -0.1) is 0 Å². The molecule has 0 aliphatic heterocycles. The summed E-state index contributed by atoms with van der Waals surface area (Å²) in [6.07, 6.45) is 4.83. The predicted molar refractivity (Wildman–Crippen MR) is 99.8 cm³/mol. The zero-order valence-corrected chi connectivity index (χ0v) is 14.9. The highest BCUT2D eigenvalue weighted by atomic mass is 16.5. The molecule has 0 radical (unpaired) electrons. The molecule has 2 aromatic rings. The van der Waals surface area contributed by atoms with E-state index in [0.29, 0.717) is 31.8 Å². The second-order valence-electron chi connectivity index (χ2n) is 6.85. The molecule has 1 aromatic carbocycles. The minimum Gasteiger partial charge on any atom is -0.494 e. The normalized spacial score (nSPS) is 20.0. The lowest BCUT2D eigenvalue weighted by Crippen LogP contribution is -2.48. The van der Waals surface area contributed by atoms with E-state index in [9.17, 15) is 9.90 Å². The molecule has 1 aromatic heterocycles. The van der Waals surface area contributed by atoms with Gasteiger partial charge in [-0.2, -0.15) is 0 Å². The standard InChI is InChI=1S/C21H26N2O3/c24-18-13-16(14-18)20(15-17-7-4-5-11-22-17)23-21(25)10-6-12-26-19-8-2-1-3-9-19/h1-5,7-9,11,16,18,20,24H,6,10,12-15H2,(H,23,25)/t16?,18?,20-/m1/s1. The third kappa shape index (κ3) is 5.56. The highest BCUT2D eigenvalue weighted by molar-refractivity contribution is 5.76.